The minimum Gasteiger partial charge on any atom is -0.381 e. The van der Waals surface area contributed by atoms with Gasteiger partial charge in [-0.15, -0.1) is 11.3 Å². The summed E-state index contributed by atoms with van der Waals surface area (Å²) in [6, 6.07) is 3.90. The van der Waals surface area contributed by atoms with Crippen LogP contribution in [-0.2, 0) is 4.74 Å². The van der Waals surface area contributed by atoms with Gasteiger partial charge in [0.1, 0.15) is 0 Å². The van der Waals surface area contributed by atoms with Gasteiger partial charge in [-0.05, 0) is 23.9 Å². The van der Waals surface area contributed by atoms with Gasteiger partial charge < -0.3 is 4.74 Å². The number of Topliss-reactive ketones (excluding diaryl/α,β-unsaturated/α-hetero) is 1. The summed E-state index contributed by atoms with van der Waals surface area (Å²) in [4.78, 5) is 16.4. The van der Waals surface area contributed by atoms with E-state index in [2.05, 4.69) is 4.98 Å². The van der Waals surface area contributed by atoms with E-state index in [1.54, 1.807) is 17.5 Å². The van der Waals surface area contributed by atoms with E-state index in [1.165, 1.54) is 0 Å². The van der Waals surface area contributed by atoms with Crippen LogP contribution in [0.4, 0.5) is 0 Å². The normalized spacial score (nSPS) is 20.4. The maximum absolute atomic E-state index is 12.1. The molecule has 82 valence electrons. The first-order chi connectivity index (χ1) is 7.84. The number of fused-ring (bicyclic) bond motifs is 1. The number of carbonyl (C=O) groups is 1. The van der Waals surface area contributed by atoms with Gasteiger partial charge in [-0.1, -0.05) is 0 Å². The third kappa shape index (κ3) is 1.64. The van der Waals surface area contributed by atoms with Gasteiger partial charge in [0.2, 0.25) is 0 Å². The number of rotatable bonds is 2. The lowest BCUT2D eigenvalue weighted by atomic mass is 9.98. The molecular weight excluding hydrogens is 222 g/mol. The molecule has 0 radical (unpaired) electrons. The Morgan fingerprint density at radius 3 is 3.31 bits per heavy atom. The molecule has 4 heteroatoms. The molecule has 0 spiro atoms. The number of hydrogen-bond acceptors (Lipinski definition) is 4. The van der Waals surface area contributed by atoms with Crippen molar-refractivity contribution in [2.45, 2.75) is 6.42 Å². The van der Waals surface area contributed by atoms with E-state index >= 15 is 0 Å². The van der Waals surface area contributed by atoms with Crippen LogP contribution in [0.5, 0.6) is 0 Å². The Labute approximate surface area is 97.1 Å². The number of pyridine rings is 1. The lowest BCUT2D eigenvalue weighted by molar-refractivity contribution is 0.0900. The number of aromatic nitrogens is 1. The van der Waals surface area contributed by atoms with Crippen molar-refractivity contribution in [3.05, 3.63) is 29.3 Å². The quantitative estimate of drug-likeness (QED) is 0.748. The summed E-state index contributed by atoms with van der Waals surface area (Å²) in [5.41, 5.74) is 1.68. The van der Waals surface area contributed by atoms with Crippen LogP contribution < -0.4 is 0 Å². The number of ketones is 1. The van der Waals surface area contributed by atoms with Crippen molar-refractivity contribution in [3.63, 3.8) is 0 Å². The van der Waals surface area contributed by atoms with Gasteiger partial charge in [-0.2, -0.15) is 0 Å². The highest BCUT2D eigenvalue weighted by Crippen LogP contribution is 2.23. The van der Waals surface area contributed by atoms with Crippen LogP contribution in [0.1, 0.15) is 16.8 Å². The maximum Gasteiger partial charge on any atom is 0.169 e. The molecule has 3 nitrogen and oxygen atoms in total. The molecule has 0 bridgehead atoms. The molecule has 1 atom stereocenters. The smallest absolute Gasteiger partial charge is 0.169 e. The lowest BCUT2D eigenvalue weighted by Gasteiger charge is -2.05. The number of carbonyl (C=O) groups excluding carboxylic acids is 1. The summed E-state index contributed by atoms with van der Waals surface area (Å²) in [5, 5.41) is 1.99. The van der Waals surface area contributed by atoms with E-state index < -0.39 is 0 Å². The zero-order valence-electron chi connectivity index (χ0n) is 8.68. The molecule has 0 aliphatic carbocycles. The minimum atomic E-state index is 0.0270. The topological polar surface area (TPSA) is 39.2 Å². The molecule has 0 N–H and O–H groups in total. The van der Waals surface area contributed by atoms with Gasteiger partial charge in [0.15, 0.2) is 5.78 Å². The molecule has 1 aliphatic heterocycles. The average Bonchev–Trinajstić information content (AvgIpc) is 2.98. The van der Waals surface area contributed by atoms with Crippen molar-refractivity contribution in [1.82, 2.24) is 4.98 Å². The molecule has 1 unspecified atom stereocenters. The average molecular weight is 233 g/mol. The van der Waals surface area contributed by atoms with Gasteiger partial charge in [0.25, 0.3) is 0 Å². The molecule has 2 aromatic heterocycles. The number of hydrogen-bond donors (Lipinski definition) is 0. The minimum absolute atomic E-state index is 0.0270. The van der Waals surface area contributed by atoms with E-state index in [1.807, 2.05) is 17.5 Å². The molecule has 1 fully saturated rings. The highest BCUT2D eigenvalue weighted by atomic mass is 32.1. The molecule has 16 heavy (non-hydrogen) atoms. The van der Waals surface area contributed by atoms with E-state index in [4.69, 9.17) is 4.74 Å². The summed E-state index contributed by atoms with van der Waals surface area (Å²) < 4.78 is 6.31. The molecule has 0 saturated carbocycles. The number of thiophene rings is 1. The number of nitrogens with zero attached hydrogens (tertiary/aromatic N) is 1. The monoisotopic (exact) mass is 233 g/mol. The predicted molar refractivity (Wildman–Crippen MR) is 62.9 cm³/mol. The van der Waals surface area contributed by atoms with Gasteiger partial charge in [-0.3, -0.25) is 9.78 Å². The summed E-state index contributed by atoms with van der Waals surface area (Å²) in [6.45, 7) is 1.26. The molecule has 3 heterocycles. The molecule has 0 aromatic carbocycles. The van der Waals surface area contributed by atoms with Crippen molar-refractivity contribution in [2.24, 2.45) is 5.92 Å². The highest BCUT2D eigenvalue weighted by Gasteiger charge is 2.24. The summed E-state index contributed by atoms with van der Waals surface area (Å²) in [5.74, 6) is 0.194. The largest absolute Gasteiger partial charge is 0.381 e. The Morgan fingerprint density at radius 2 is 2.50 bits per heavy atom. The second-order valence-electron chi connectivity index (χ2n) is 3.95. The summed E-state index contributed by atoms with van der Waals surface area (Å²) in [7, 11) is 0. The molecular formula is C12H11NO2S. The van der Waals surface area contributed by atoms with Crippen LogP contribution in [0.15, 0.2) is 23.7 Å². The lowest BCUT2D eigenvalue weighted by Crippen LogP contribution is -2.14. The van der Waals surface area contributed by atoms with Gasteiger partial charge in [0.05, 0.1) is 16.8 Å². The van der Waals surface area contributed by atoms with Crippen LogP contribution >= 0.6 is 11.3 Å². The van der Waals surface area contributed by atoms with Crippen LogP contribution in [0.25, 0.3) is 10.2 Å². The third-order valence-electron chi connectivity index (χ3n) is 2.89. The molecule has 1 saturated heterocycles. The zero-order chi connectivity index (χ0) is 11.0. The zero-order valence-corrected chi connectivity index (χ0v) is 9.50. The molecule has 2 aromatic rings. The summed E-state index contributed by atoms with van der Waals surface area (Å²) >= 11 is 1.62. The standard InChI is InChI=1S/C12H11NO2S/c14-12(8-1-3-15-7-8)9-5-11-10(13-6-9)2-4-16-11/h2,4-6,8H,1,3,7H2. The molecule has 1 aliphatic rings. The molecule has 0 amide bonds. The van der Waals surface area contributed by atoms with E-state index in [-0.39, 0.29) is 11.7 Å². The fourth-order valence-corrected chi connectivity index (χ4v) is 2.74. The Hall–Kier alpha value is -1.26. The third-order valence-corrected chi connectivity index (χ3v) is 3.74. The first-order valence-electron chi connectivity index (χ1n) is 5.30. The van der Waals surface area contributed by atoms with Gasteiger partial charge >= 0.3 is 0 Å². The SMILES string of the molecule is O=C(c1cnc2ccsc2c1)C1CCOC1. The second-order valence-corrected chi connectivity index (χ2v) is 4.90. The Bertz CT molecular complexity index is 529. The first-order valence-corrected chi connectivity index (χ1v) is 6.18. The van der Waals surface area contributed by atoms with Crippen molar-refractivity contribution < 1.29 is 9.53 Å². The number of ether oxygens (including phenoxy) is 1. The van der Waals surface area contributed by atoms with Crippen molar-refractivity contribution in [2.75, 3.05) is 13.2 Å². The van der Waals surface area contributed by atoms with Crippen molar-refractivity contribution in [3.8, 4) is 0 Å². The van der Waals surface area contributed by atoms with Crippen LogP contribution in [0.3, 0.4) is 0 Å². The highest BCUT2D eigenvalue weighted by molar-refractivity contribution is 7.17. The van der Waals surface area contributed by atoms with Gasteiger partial charge in [-0.25, -0.2) is 0 Å². The molecule has 3 rings (SSSR count). The van der Waals surface area contributed by atoms with E-state index in [0.717, 1.165) is 16.6 Å². The predicted octanol–water partition coefficient (Wildman–Crippen LogP) is 2.52. The summed E-state index contributed by atoms with van der Waals surface area (Å²) in [6.07, 6.45) is 2.51. The van der Waals surface area contributed by atoms with Crippen molar-refractivity contribution in [1.29, 1.82) is 0 Å². The Morgan fingerprint density at radius 1 is 1.56 bits per heavy atom. The van der Waals surface area contributed by atoms with E-state index in [0.29, 0.717) is 18.8 Å². The fraction of sp³-hybridized carbons (Fsp3) is 0.333. The second kappa shape index (κ2) is 3.96. The maximum atomic E-state index is 12.1. The van der Waals surface area contributed by atoms with E-state index in [9.17, 15) is 4.79 Å². The van der Waals surface area contributed by atoms with Crippen LogP contribution in [0.2, 0.25) is 0 Å². The van der Waals surface area contributed by atoms with Crippen molar-refractivity contribution >= 4 is 27.3 Å². The fourth-order valence-electron chi connectivity index (χ4n) is 1.96. The Balaban J connectivity index is 1.95. The van der Waals surface area contributed by atoms with Crippen LogP contribution in [0, 0.1) is 5.92 Å². The van der Waals surface area contributed by atoms with Gasteiger partial charge in [0, 0.05) is 24.3 Å². The van der Waals surface area contributed by atoms with Crippen LogP contribution in [-0.4, -0.2) is 24.0 Å². The Kier molecular flexibility index (Phi) is 2.46. The first kappa shape index (κ1) is 9.93.